The zero-order valence-corrected chi connectivity index (χ0v) is 16.6. The van der Waals surface area contributed by atoms with Gasteiger partial charge < -0.3 is 4.74 Å². The van der Waals surface area contributed by atoms with Gasteiger partial charge in [-0.3, -0.25) is 4.57 Å². The molecule has 1 aromatic rings. The highest BCUT2D eigenvalue weighted by Gasteiger charge is 2.41. The minimum absolute atomic E-state index is 0.00627. The van der Waals surface area contributed by atoms with Crippen LogP contribution in [0.3, 0.4) is 0 Å². The van der Waals surface area contributed by atoms with Crippen LogP contribution >= 0.6 is 0 Å². The zero-order chi connectivity index (χ0) is 20.7. The topological polar surface area (TPSA) is 66.1 Å². The number of rotatable bonds is 3. The van der Waals surface area contributed by atoms with Crippen LogP contribution in [-0.2, 0) is 22.5 Å². The second kappa shape index (κ2) is 7.55. The quantitative estimate of drug-likeness (QED) is 0.723. The Kier molecular flexibility index (Phi) is 5.64. The number of esters is 1. The van der Waals surface area contributed by atoms with Gasteiger partial charge in [0.25, 0.3) is 0 Å². The minimum atomic E-state index is -4.14. The zero-order valence-electron chi connectivity index (χ0n) is 16.6. The molecule has 0 unspecified atom stereocenters. The minimum Gasteiger partial charge on any atom is -0.458 e. The van der Waals surface area contributed by atoms with Gasteiger partial charge in [0.2, 0.25) is 0 Å². The summed E-state index contributed by atoms with van der Waals surface area (Å²) < 4.78 is 46.7. The van der Waals surface area contributed by atoms with Gasteiger partial charge in [-0.2, -0.15) is 18.3 Å². The molecule has 2 heterocycles. The lowest BCUT2D eigenvalue weighted by molar-refractivity contribution is -0.184. The molecule has 1 atom stereocenters. The van der Waals surface area contributed by atoms with Crippen LogP contribution in [0.1, 0.15) is 71.2 Å². The molecule has 1 saturated carbocycles. The standard InChI is InChI=1S/C19H28F3N3O3/c1-18(2,3)28-16(26)14-5-4-6-15-23-24(17(27)25(14)15)11-12-7-9-13(10-8-12)19(20,21)22/h12-14H,4-11H2,1-3H3/t12?,13?,14-/m0/s1. The summed E-state index contributed by atoms with van der Waals surface area (Å²) >= 11 is 0. The fourth-order valence-corrected chi connectivity index (χ4v) is 4.16. The van der Waals surface area contributed by atoms with Gasteiger partial charge in [0.1, 0.15) is 17.5 Å². The van der Waals surface area contributed by atoms with Crippen LogP contribution in [0.25, 0.3) is 0 Å². The van der Waals surface area contributed by atoms with E-state index in [2.05, 4.69) is 5.10 Å². The van der Waals surface area contributed by atoms with Crippen molar-refractivity contribution in [3.8, 4) is 0 Å². The Hall–Kier alpha value is -1.80. The van der Waals surface area contributed by atoms with E-state index in [1.807, 2.05) is 0 Å². The van der Waals surface area contributed by atoms with Gasteiger partial charge in [-0.25, -0.2) is 14.3 Å². The lowest BCUT2D eigenvalue weighted by Gasteiger charge is -2.29. The number of ether oxygens (including phenoxy) is 1. The van der Waals surface area contributed by atoms with E-state index in [0.717, 1.165) is 6.42 Å². The largest absolute Gasteiger partial charge is 0.458 e. The normalized spacial score (nSPS) is 26.0. The third kappa shape index (κ3) is 4.60. The number of carbonyl (C=O) groups is 1. The summed E-state index contributed by atoms with van der Waals surface area (Å²) in [4.78, 5) is 25.4. The number of halogens is 3. The number of hydrogen-bond acceptors (Lipinski definition) is 4. The van der Waals surface area contributed by atoms with Crippen molar-refractivity contribution in [2.45, 2.75) is 90.1 Å². The monoisotopic (exact) mass is 403 g/mol. The Labute approximate surface area is 162 Å². The second-order valence-corrected chi connectivity index (χ2v) is 8.95. The van der Waals surface area contributed by atoms with Gasteiger partial charge in [0, 0.05) is 13.0 Å². The van der Waals surface area contributed by atoms with Crippen molar-refractivity contribution >= 4 is 5.97 Å². The van der Waals surface area contributed by atoms with E-state index >= 15 is 0 Å². The molecule has 6 nitrogen and oxygen atoms in total. The maximum Gasteiger partial charge on any atom is 0.391 e. The van der Waals surface area contributed by atoms with E-state index < -0.39 is 29.7 Å². The highest BCUT2D eigenvalue weighted by Crippen LogP contribution is 2.39. The fraction of sp³-hybridized carbons (Fsp3) is 0.842. The van der Waals surface area contributed by atoms with Gasteiger partial charge in [0.05, 0.1) is 5.92 Å². The lowest BCUT2D eigenvalue weighted by Crippen LogP contribution is -2.38. The predicted molar refractivity (Wildman–Crippen MR) is 95.8 cm³/mol. The van der Waals surface area contributed by atoms with Crippen molar-refractivity contribution in [2.24, 2.45) is 11.8 Å². The smallest absolute Gasteiger partial charge is 0.391 e. The number of aryl methyl sites for hydroxylation is 1. The van der Waals surface area contributed by atoms with Gasteiger partial charge in [-0.15, -0.1) is 0 Å². The van der Waals surface area contributed by atoms with Crippen LogP contribution < -0.4 is 5.69 Å². The van der Waals surface area contributed by atoms with Crippen LogP contribution in [0, 0.1) is 11.8 Å². The van der Waals surface area contributed by atoms with Crippen molar-refractivity contribution < 1.29 is 22.7 Å². The second-order valence-electron chi connectivity index (χ2n) is 8.95. The highest BCUT2D eigenvalue weighted by atomic mass is 19.4. The summed E-state index contributed by atoms with van der Waals surface area (Å²) in [5.74, 6) is -1.14. The Bertz CT molecular complexity index is 768. The van der Waals surface area contributed by atoms with E-state index in [0.29, 0.717) is 38.1 Å². The van der Waals surface area contributed by atoms with Crippen molar-refractivity contribution in [1.82, 2.24) is 14.3 Å². The molecule has 0 amide bonds. The molecule has 1 fully saturated rings. The first-order valence-corrected chi connectivity index (χ1v) is 9.93. The summed E-state index contributed by atoms with van der Waals surface area (Å²) in [6, 6.07) is -0.690. The summed E-state index contributed by atoms with van der Waals surface area (Å²) in [5, 5.41) is 4.38. The molecule has 1 aromatic heterocycles. The van der Waals surface area contributed by atoms with E-state index in [9.17, 15) is 22.8 Å². The maximum absolute atomic E-state index is 12.9. The maximum atomic E-state index is 12.9. The summed E-state index contributed by atoms with van der Waals surface area (Å²) in [6.45, 7) is 5.62. The molecule has 0 radical (unpaired) electrons. The number of fused-ring (bicyclic) bond motifs is 1. The molecule has 0 saturated heterocycles. The first-order chi connectivity index (χ1) is 13.0. The molecule has 0 N–H and O–H groups in total. The highest BCUT2D eigenvalue weighted by molar-refractivity contribution is 5.74. The molecule has 0 spiro atoms. The van der Waals surface area contributed by atoms with Gasteiger partial charge >= 0.3 is 17.8 Å². The molecule has 158 valence electrons. The number of aromatic nitrogens is 3. The van der Waals surface area contributed by atoms with Gasteiger partial charge in [-0.05, 0) is 65.2 Å². The molecule has 0 aromatic carbocycles. The van der Waals surface area contributed by atoms with Crippen molar-refractivity contribution in [3.63, 3.8) is 0 Å². The van der Waals surface area contributed by atoms with Gasteiger partial charge in [0.15, 0.2) is 0 Å². The van der Waals surface area contributed by atoms with Crippen LogP contribution in [0.5, 0.6) is 0 Å². The van der Waals surface area contributed by atoms with Crippen molar-refractivity contribution in [2.75, 3.05) is 0 Å². The lowest BCUT2D eigenvalue weighted by atomic mass is 9.81. The number of hydrogen-bond donors (Lipinski definition) is 0. The number of nitrogens with zero attached hydrogens (tertiary/aromatic N) is 3. The number of alkyl halides is 3. The molecule has 28 heavy (non-hydrogen) atoms. The molecule has 3 rings (SSSR count). The Morgan fingerprint density at radius 1 is 1.14 bits per heavy atom. The van der Waals surface area contributed by atoms with Crippen molar-refractivity contribution in [1.29, 1.82) is 0 Å². The first kappa shape index (κ1) is 20.9. The van der Waals surface area contributed by atoms with Crippen LogP contribution in [0.15, 0.2) is 4.79 Å². The molecule has 1 aliphatic carbocycles. The SMILES string of the molecule is CC(C)(C)OC(=O)[C@@H]1CCCc2nn(CC3CCC(C(F)(F)F)CC3)c(=O)n21. The average molecular weight is 403 g/mol. The van der Waals surface area contributed by atoms with Crippen LogP contribution in [0.2, 0.25) is 0 Å². The van der Waals surface area contributed by atoms with Crippen molar-refractivity contribution in [3.05, 3.63) is 16.3 Å². The van der Waals surface area contributed by atoms with E-state index in [1.54, 1.807) is 20.8 Å². The van der Waals surface area contributed by atoms with E-state index in [4.69, 9.17) is 4.74 Å². The van der Waals surface area contributed by atoms with E-state index in [1.165, 1.54) is 9.25 Å². The molecular weight excluding hydrogens is 375 g/mol. The molecule has 2 aliphatic rings. The third-order valence-electron chi connectivity index (χ3n) is 5.55. The summed E-state index contributed by atoms with van der Waals surface area (Å²) in [5.41, 5.74) is -1.02. The van der Waals surface area contributed by atoms with Crippen LogP contribution in [0.4, 0.5) is 13.2 Å². The average Bonchev–Trinajstić information content (AvgIpc) is 2.89. The molecular formula is C19H28F3N3O3. The van der Waals surface area contributed by atoms with E-state index in [-0.39, 0.29) is 24.4 Å². The Morgan fingerprint density at radius 2 is 1.79 bits per heavy atom. The summed E-state index contributed by atoms with van der Waals surface area (Å²) in [7, 11) is 0. The first-order valence-electron chi connectivity index (χ1n) is 9.93. The van der Waals surface area contributed by atoms with Gasteiger partial charge in [-0.1, -0.05) is 0 Å². The number of carbonyl (C=O) groups excluding carboxylic acids is 1. The Balaban J connectivity index is 1.72. The fourth-order valence-electron chi connectivity index (χ4n) is 4.16. The Morgan fingerprint density at radius 3 is 2.36 bits per heavy atom. The third-order valence-corrected chi connectivity index (χ3v) is 5.55. The molecule has 1 aliphatic heterocycles. The molecule has 9 heteroatoms. The molecule has 0 bridgehead atoms. The summed E-state index contributed by atoms with van der Waals surface area (Å²) in [6.07, 6.45) is -1.25. The predicted octanol–water partition coefficient (Wildman–Crippen LogP) is 3.63. The van der Waals surface area contributed by atoms with Crippen LogP contribution in [-0.4, -0.2) is 32.1 Å².